The molecule has 14 heavy (non-hydrogen) atoms. The molecule has 0 N–H and O–H groups in total. The molecule has 0 nitrogen and oxygen atoms in total. The van der Waals surface area contributed by atoms with Crippen molar-refractivity contribution in [3.05, 3.63) is 23.8 Å². The molecular weight excluding hydrogens is 168 g/mol. The molecular formula is C14H24. The maximum atomic E-state index is 2.44. The van der Waals surface area contributed by atoms with Crippen molar-refractivity contribution in [3.8, 4) is 0 Å². The highest BCUT2D eigenvalue weighted by atomic mass is 14.2. The average molecular weight is 192 g/mol. The quantitative estimate of drug-likeness (QED) is 0.604. The van der Waals surface area contributed by atoms with Gasteiger partial charge in [0.25, 0.3) is 0 Å². The van der Waals surface area contributed by atoms with E-state index in [2.05, 4.69) is 45.9 Å². The molecule has 1 rings (SSSR count). The van der Waals surface area contributed by atoms with E-state index in [0.717, 1.165) is 5.92 Å². The molecule has 0 aromatic heterocycles. The lowest BCUT2D eigenvalue weighted by Crippen LogP contribution is -2.11. The molecule has 0 saturated carbocycles. The van der Waals surface area contributed by atoms with Crippen LogP contribution in [0.2, 0.25) is 0 Å². The Bertz CT molecular complexity index is 230. The molecule has 0 bridgehead atoms. The van der Waals surface area contributed by atoms with Crippen LogP contribution in [0.5, 0.6) is 0 Å². The topological polar surface area (TPSA) is 0 Å². The number of allylic oxidation sites excluding steroid dienone is 4. The molecule has 1 aliphatic carbocycles. The van der Waals surface area contributed by atoms with Gasteiger partial charge < -0.3 is 0 Å². The zero-order chi connectivity index (χ0) is 10.6. The summed E-state index contributed by atoms with van der Waals surface area (Å²) >= 11 is 0. The van der Waals surface area contributed by atoms with E-state index >= 15 is 0 Å². The first kappa shape index (κ1) is 11.6. The lowest BCUT2D eigenvalue weighted by molar-refractivity contribution is 0.349. The van der Waals surface area contributed by atoms with Crippen molar-refractivity contribution in [1.82, 2.24) is 0 Å². The van der Waals surface area contributed by atoms with Gasteiger partial charge in [-0.05, 0) is 30.6 Å². The third kappa shape index (κ3) is 3.32. The molecule has 0 heteroatoms. The van der Waals surface area contributed by atoms with Gasteiger partial charge in [-0.1, -0.05) is 57.9 Å². The average Bonchev–Trinajstić information content (AvgIpc) is 2.19. The Morgan fingerprint density at radius 2 is 2.07 bits per heavy atom. The zero-order valence-corrected chi connectivity index (χ0v) is 10.1. The summed E-state index contributed by atoms with van der Waals surface area (Å²) in [5, 5.41) is 0. The SMILES string of the molecule is CCC1C=CC(CC(C)(C)CC)=CC1. The fourth-order valence-corrected chi connectivity index (χ4v) is 1.82. The molecule has 0 heterocycles. The number of hydrogen-bond acceptors (Lipinski definition) is 0. The van der Waals surface area contributed by atoms with Gasteiger partial charge in [0.1, 0.15) is 0 Å². The maximum absolute atomic E-state index is 2.44. The minimum absolute atomic E-state index is 0.467. The normalized spacial score (nSPS) is 22.3. The predicted molar refractivity (Wildman–Crippen MR) is 64.3 cm³/mol. The van der Waals surface area contributed by atoms with Crippen LogP contribution in [0.3, 0.4) is 0 Å². The van der Waals surface area contributed by atoms with Crippen LogP contribution in [0.1, 0.15) is 53.4 Å². The Balaban J connectivity index is 2.50. The van der Waals surface area contributed by atoms with E-state index in [-0.39, 0.29) is 0 Å². The van der Waals surface area contributed by atoms with Crippen molar-refractivity contribution in [2.75, 3.05) is 0 Å². The second kappa shape index (κ2) is 4.82. The van der Waals surface area contributed by atoms with E-state index in [1.165, 1.54) is 25.7 Å². The van der Waals surface area contributed by atoms with Gasteiger partial charge in [-0.15, -0.1) is 0 Å². The fraction of sp³-hybridized carbons (Fsp3) is 0.714. The first-order valence-corrected chi connectivity index (χ1v) is 5.94. The highest BCUT2D eigenvalue weighted by Crippen LogP contribution is 2.31. The van der Waals surface area contributed by atoms with Gasteiger partial charge >= 0.3 is 0 Å². The smallest absolute Gasteiger partial charge is 0.0198 e. The van der Waals surface area contributed by atoms with Crippen LogP contribution in [0.15, 0.2) is 23.8 Å². The maximum Gasteiger partial charge on any atom is -0.0198 e. The van der Waals surface area contributed by atoms with E-state index in [1.54, 1.807) is 5.57 Å². The van der Waals surface area contributed by atoms with Gasteiger partial charge in [0.05, 0.1) is 0 Å². The van der Waals surface area contributed by atoms with Gasteiger partial charge in [-0.25, -0.2) is 0 Å². The van der Waals surface area contributed by atoms with Crippen LogP contribution in [0.4, 0.5) is 0 Å². The third-order valence-corrected chi connectivity index (χ3v) is 3.43. The summed E-state index contributed by atoms with van der Waals surface area (Å²) in [6.07, 6.45) is 12.2. The third-order valence-electron chi connectivity index (χ3n) is 3.43. The molecule has 0 saturated heterocycles. The van der Waals surface area contributed by atoms with E-state index in [0.29, 0.717) is 5.41 Å². The lowest BCUT2D eigenvalue weighted by Gasteiger charge is -2.25. The van der Waals surface area contributed by atoms with Crippen molar-refractivity contribution < 1.29 is 0 Å². The Hall–Kier alpha value is -0.520. The lowest BCUT2D eigenvalue weighted by atomic mass is 9.81. The summed E-state index contributed by atoms with van der Waals surface area (Å²) in [7, 11) is 0. The highest BCUT2D eigenvalue weighted by molar-refractivity contribution is 5.24. The monoisotopic (exact) mass is 192 g/mol. The summed E-state index contributed by atoms with van der Waals surface area (Å²) < 4.78 is 0. The molecule has 1 unspecified atom stereocenters. The largest absolute Gasteiger partial charge is 0.0809 e. The predicted octanol–water partition coefficient (Wildman–Crippen LogP) is 4.73. The van der Waals surface area contributed by atoms with Crippen molar-refractivity contribution in [3.63, 3.8) is 0 Å². The van der Waals surface area contributed by atoms with Crippen molar-refractivity contribution in [2.24, 2.45) is 11.3 Å². The number of rotatable bonds is 4. The summed E-state index contributed by atoms with van der Waals surface area (Å²) in [6.45, 7) is 9.26. The molecule has 0 fully saturated rings. The second-order valence-corrected chi connectivity index (χ2v) is 5.24. The van der Waals surface area contributed by atoms with Crippen LogP contribution in [0, 0.1) is 11.3 Å². The fourth-order valence-electron chi connectivity index (χ4n) is 1.82. The minimum atomic E-state index is 0.467. The van der Waals surface area contributed by atoms with E-state index in [4.69, 9.17) is 0 Å². The molecule has 0 aliphatic heterocycles. The van der Waals surface area contributed by atoms with Crippen molar-refractivity contribution in [2.45, 2.75) is 53.4 Å². The van der Waals surface area contributed by atoms with Crippen LogP contribution in [-0.2, 0) is 0 Å². The van der Waals surface area contributed by atoms with E-state index in [1.807, 2.05) is 0 Å². The van der Waals surface area contributed by atoms with Gasteiger partial charge in [0.2, 0.25) is 0 Å². The minimum Gasteiger partial charge on any atom is -0.0809 e. The van der Waals surface area contributed by atoms with Crippen LogP contribution in [0.25, 0.3) is 0 Å². The summed E-state index contributed by atoms with van der Waals surface area (Å²) in [5.41, 5.74) is 2.01. The number of hydrogen-bond donors (Lipinski definition) is 0. The Kier molecular flexibility index (Phi) is 3.97. The molecule has 0 amide bonds. The molecule has 0 spiro atoms. The first-order valence-electron chi connectivity index (χ1n) is 5.94. The van der Waals surface area contributed by atoms with Crippen molar-refractivity contribution >= 4 is 0 Å². The Labute approximate surface area is 89.1 Å². The second-order valence-electron chi connectivity index (χ2n) is 5.24. The van der Waals surface area contributed by atoms with Gasteiger partial charge in [0, 0.05) is 0 Å². The molecule has 0 radical (unpaired) electrons. The standard InChI is InChI=1S/C14H24/c1-5-12-7-9-13(10-8-12)11-14(3,4)6-2/h7,9-10,12H,5-6,8,11H2,1-4H3. The van der Waals surface area contributed by atoms with Gasteiger partial charge in [0.15, 0.2) is 0 Å². The van der Waals surface area contributed by atoms with E-state index in [9.17, 15) is 0 Å². The molecule has 0 aromatic carbocycles. The molecule has 1 aliphatic rings. The van der Waals surface area contributed by atoms with Gasteiger partial charge in [-0.2, -0.15) is 0 Å². The summed E-state index contributed by atoms with van der Waals surface area (Å²) in [5.74, 6) is 0.795. The van der Waals surface area contributed by atoms with Crippen LogP contribution < -0.4 is 0 Å². The highest BCUT2D eigenvalue weighted by Gasteiger charge is 2.17. The Morgan fingerprint density at radius 3 is 2.50 bits per heavy atom. The van der Waals surface area contributed by atoms with Crippen LogP contribution in [-0.4, -0.2) is 0 Å². The van der Waals surface area contributed by atoms with Crippen molar-refractivity contribution in [1.29, 1.82) is 0 Å². The molecule has 1 atom stereocenters. The summed E-state index contributed by atoms with van der Waals surface area (Å²) in [4.78, 5) is 0. The van der Waals surface area contributed by atoms with Gasteiger partial charge in [-0.3, -0.25) is 0 Å². The van der Waals surface area contributed by atoms with Crippen LogP contribution >= 0.6 is 0 Å². The Morgan fingerprint density at radius 1 is 1.36 bits per heavy atom. The van der Waals surface area contributed by atoms with E-state index < -0.39 is 0 Å². The summed E-state index contributed by atoms with van der Waals surface area (Å²) in [6, 6.07) is 0. The molecule has 0 aromatic rings. The molecule has 80 valence electrons. The zero-order valence-electron chi connectivity index (χ0n) is 10.1. The first-order chi connectivity index (χ1) is 6.57.